The number of carbonyl (C=O) groups excluding carboxylic acids is 2. The molecular formula is C18H24F3N3O3. The predicted molar refractivity (Wildman–Crippen MR) is 94.5 cm³/mol. The van der Waals surface area contributed by atoms with E-state index in [1.807, 2.05) is 6.92 Å². The summed E-state index contributed by atoms with van der Waals surface area (Å²) < 4.78 is 42.4. The second kappa shape index (κ2) is 9.59. The maximum Gasteiger partial charge on any atom is 0.401 e. The topological polar surface area (TPSA) is 70.7 Å². The molecule has 1 aliphatic heterocycles. The first-order chi connectivity index (χ1) is 12.8. The largest absolute Gasteiger partial charge is 0.494 e. The zero-order valence-electron chi connectivity index (χ0n) is 15.1. The van der Waals surface area contributed by atoms with Crippen LogP contribution in [0.5, 0.6) is 5.75 Å². The van der Waals surface area contributed by atoms with E-state index in [2.05, 4.69) is 10.6 Å². The number of amides is 2. The number of carbonyl (C=O) groups is 2. The number of rotatable bonds is 6. The van der Waals surface area contributed by atoms with Crippen molar-refractivity contribution in [2.75, 3.05) is 38.1 Å². The van der Waals surface area contributed by atoms with Crippen molar-refractivity contribution in [3.8, 4) is 5.75 Å². The number of benzene rings is 1. The molecule has 9 heteroatoms. The number of likely N-dealkylation sites (tertiary alicyclic amines) is 1. The third-order valence-corrected chi connectivity index (χ3v) is 4.29. The van der Waals surface area contributed by atoms with E-state index in [-0.39, 0.29) is 12.5 Å². The van der Waals surface area contributed by atoms with Crippen LogP contribution in [0, 0.1) is 5.92 Å². The van der Waals surface area contributed by atoms with E-state index < -0.39 is 24.5 Å². The highest BCUT2D eigenvalue weighted by atomic mass is 19.4. The molecule has 0 radical (unpaired) electrons. The van der Waals surface area contributed by atoms with Gasteiger partial charge in [-0.2, -0.15) is 13.2 Å². The first kappa shape index (κ1) is 21.0. The van der Waals surface area contributed by atoms with Gasteiger partial charge >= 0.3 is 18.0 Å². The quantitative estimate of drug-likeness (QED) is 0.736. The van der Waals surface area contributed by atoms with E-state index in [1.54, 1.807) is 24.3 Å². The van der Waals surface area contributed by atoms with Crippen molar-refractivity contribution in [1.82, 2.24) is 10.2 Å². The molecule has 0 unspecified atom stereocenters. The van der Waals surface area contributed by atoms with Gasteiger partial charge in [-0.25, -0.2) is 0 Å². The first-order valence-electron chi connectivity index (χ1n) is 8.88. The fraction of sp³-hybridized carbons (Fsp3) is 0.556. The van der Waals surface area contributed by atoms with Crippen LogP contribution >= 0.6 is 0 Å². The summed E-state index contributed by atoms with van der Waals surface area (Å²) >= 11 is 0. The van der Waals surface area contributed by atoms with Crippen molar-refractivity contribution in [1.29, 1.82) is 0 Å². The molecule has 2 N–H and O–H groups in total. The molecule has 1 saturated heterocycles. The number of hydrogen-bond donors (Lipinski definition) is 2. The molecule has 0 bridgehead atoms. The van der Waals surface area contributed by atoms with Gasteiger partial charge in [-0.15, -0.1) is 0 Å². The SMILES string of the molecule is CCOc1ccc(NC(=O)C(=O)NCC2CCN(CC(F)(F)F)CC2)cc1. The van der Waals surface area contributed by atoms with Crippen molar-refractivity contribution < 1.29 is 27.5 Å². The van der Waals surface area contributed by atoms with E-state index in [4.69, 9.17) is 4.74 Å². The van der Waals surface area contributed by atoms with E-state index in [0.717, 1.165) is 0 Å². The number of nitrogens with zero attached hydrogens (tertiary/aromatic N) is 1. The summed E-state index contributed by atoms with van der Waals surface area (Å²) in [6.45, 7) is 2.42. The van der Waals surface area contributed by atoms with Crippen LogP contribution in [0.15, 0.2) is 24.3 Å². The van der Waals surface area contributed by atoms with Crippen molar-refractivity contribution in [3.05, 3.63) is 24.3 Å². The number of alkyl halides is 3. The molecule has 2 amide bonds. The molecule has 0 atom stereocenters. The van der Waals surface area contributed by atoms with Crippen molar-refractivity contribution >= 4 is 17.5 Å². The average Bonchev–Trinajstić information content (AvgIpc) is 2.61. The Morgan fingerprint density at radius 3 is 2.33 bits per heavy atom. The van der Waals surface area contributed by atoms with Gasteiger partial charge in [-0.05, 0) is 63.0 Å². The Balaban J connectivity index is 1.70. The zero-order chi connectivity index (χ0) is 19.9. The molecule has 2 rings (SSSR count). The monoisotopic (exact) mass is 387 g/mol. The lowest BCUT2D eigenvalue weighted by molar-refractivity contribution is -0.148. The number of hydrogen-bond acceptors (Lipinski definition) is 4. The second-order valence-corrected chi connectivity index (χ2v) is 6.46. The van der Waals surface area contributed by atoms with Gasteiger partial charge in [0.25, 0.3) is 0 Å². The van der Waals surface area contributed by atoms with Crippen LogP contribution in [0.2, 0.25) is 0 Å². The van der Waals surface area contributed by atoms with Gasteiger partial charge in [0.2, 0.25) is 0 Å². The van der Waals surface area contributed by atoms with Crippen molar-refractivity contribution in [3.63, 3.8) is 0 Å². The van der Waals surface area contributed by atoms with Gasteiger partial charge in [0.1, 0.15) is 5.75 Å². The standard InChI is InChI=1S/C18H24F3N3O3/c1-2-27-15-5-3-14(4-6-15)23-17(26)16(25)22-11-13-7-9-24(10-8-13)12-18(19,20)21/h3-6,13H,2,7-12H2,1H3,(H,22,25)(H,23,26). The van der Waals surface area contributed by atoms with Crippen molar-refractivity contribution in [2.45, 2.75) is 25.9 Å². The number of anilines is 1. The molecular weight excluding hydrogens is 363 g/mol. The Morgan fingerprint density at radius 2 is 1.78 bits per heavy atom. The minimum absolute atomic E-state index is 0.0664. The molecule has 27 heavy (non-hydrogen) atoms. The fourth-order valence-electron chi connectivity index (χ4n) is 2.91. The smallest absolute Gasteiger partial charge is 0.401 e. The zero-order valence-corrected chi connectivity index (χ0v) is 15.1. The summed E-state index contributed by atoms with van der Waals surface area (Å²) in [7, 11) is 0. The molecule has 150 valence electrons. The van der Waals surface area contributed by atoms with Gasteiger partial charge in [-0.1, -0.05) is 0 Å². The summed E-state index contributed by atoms with van der Waals surface area (Å²) in [6.07, 6.45) is -3.09. The normalized spacial score (nSPS) is 16.0. The van der Waals surface area contributed by atoms with Gasteiger partial charge in [0.05, 0.1) is 13.2 Å². The van der Waals surface area contributed by atoms with Crippen LogP contribution in [-0.2, 0) is 9.59 Å². The Labute approximate surface area is 156 Å². The summed E-state index contributed by atoms with van der Waals surface area (Å²) in [5.41, 5.74) is 0.471. The third kappa shape index (κ3) is 7.46. The minimum atomic E-state index is -4.19. The van der Waals surface area contributed by atoms with Crippen LogP contribution in [0.1, 0.15) is 19.8 Å². The Hall–Kier alpha value is -2.29. The number of piperidine rings is 1. The third-order valence-electron chi connectivity index (χ3n) is 4.29. The van der Waals surface area contributed by atoms with Crippen LogP contribution < -0.4 is 15.4 Å². The highest BCUT2D eigenvalue weighted by Gasteiger charge is 2.32. The summed E-state index contributed by atoms with van der Waals surface area (Å²) in [5.74, 6) is -0.816. The Morgan fingerprint density at radius 1 is 1.15 bits per heavy atom. The Bertz CT molecular complexity index is 627. The van der Waals surface area contributed by atoms with E-state index in [9.17, 15) is 22.8 Å². The highest BCUT2D eigenvalue weighted by molar-refractivity contribution is 6.39. The number of nitrogens with one attached hydrogen (secondary N) is 2. The van der Waals surface area contributed by atoms with Gasteiger partial charge < -0.3 is 15.4 Å². The maximum atomic E-state index is 12.4. The van der Waals surface area contributed by atoms with Crippen LogP contribution in [0.3, 0.4) is 0 Å². The molecule has 0 saturated carbocycles. The van der Waals surface area contributed by atoms with Crippen molar-refractivity contribution in [2.24, 2.45) is 5.92 Å². The van der Waals surface area contributed by atoms with Gasteiger partial charge in [0, 0.05) is 12.2 Å². The van der Waals surface area contributed by atoms with Crippen LogP contribution in [-0.4, -0.2) is 55.7 Å². The molecule has 1 aliphatic rings. The molecule has 1 aromatic carbocycles. The molecule has 6 nitrogen and oxygen atoms in total. The fourth-order valence-corrected chi connectivity index (χ4v) is 2.91. The molecule has 1 fully saturated rings. The highest BCUT2D eigenvalue weighted by Crippen LogP contribution is 2.22. The molecule has 1 aromatic rings. The van der Waals surface area contributed by atoms with Crippen LogP contribution in [0.4, 0.5) is 18.9 Å². The second-order valence-electron chi connectivity index (χ2n) is 6.46. The minimum Gasteiger partial charge on any atom is -0.494 e. The van der Waals surface area contributed by atoms with E-state index in [0.29, 0.717) is 44.0 Å². The first-order valence-corrected chi connectivity index (χ1v) is 8.88. The number of ether oxygens (including phenoxy) is 1. The summed E-state index contributed by atoms with van der Waals surface area (Å²) in [6, 6.07) is 6.64. The lowest BCUT2D eigenvalue weighted by atomic mass is 9.97. The lowest BCUT2D eigenvalue weighted by Gasteiger charge is -2.32. The molecule has 1 heterocycles. The predicted octanol–water partition coefficient (Wildman–Crippen LogP) is 2.41. The molecule has 0 spiro atoms. The Kier molecular flexibility index (Phi) is 7.46. The summed E-state index contributed by atoms with van der Waals surface area (Å²) in [4.78, 5) is 25.2. The lowest BCUT2D eigenvalue weighted by Crippen LogP contribution is -2.44. The van der Waals surface area contributed by atoms with Crippen LogP contribution in [0.25, 0.3) is 0 Å². The summed E-state index contributed by atoms with van der Waals surface area (Å²) in [5, 5.41) is 5.04. The maximum absolute atomic E-state index is 12.4. The van der Waals surface area contributed by atoms with Gasteiger partial charge in [0.15, 0.2) is 0 Å². The average molecular weight is 387 g/mol. The van der Waals surface area contributed by atoms with E-state index >= 15 is 0 Å². The van der Waals surface area contributed by atoms with Gasteiger partial charge in [-0.3, -0.25) is 14.5 Å². The molecule has 0 aliphatic carbocycles. The van der Waals surface area contributed by atoms with E-state index in [1.165, 1.54) is 4.90 Å². The molecule has 0 aromatic heterocycles. The number of halogens is 3.